The zero-order valence-electron chi connectivity index (χ0n) is 10.9. The van der Waals surface area contributed by atoms with E-state index in [4.69, 9.17) is 35.4 Å². The van der Waals surface area contributed by atoms with Gasteiger partial charge < -0.3 is 10.6 Å². The van der Waals surface area contributed by atoms with Gasteiger partial charge in [-0.25, -0.2) is 0 Å². The average Bonchev–Trinajstić information content (AvgIpc) is 2.38. The van der Waals surface area contributed by atoms with Crippen molar-refractivity contribution in [1.82, 2.24) is 5.32 Å². The van der Waals surface area contributed by atoms with Gasteiger partial charge in [-0.1, -0.05) is 49.0 Å². The lowest BCUT2D eigenvalue weighted by molar-refractivity contribution is 0.309. The summed E-state index contributed by atoms with van der Waals surface area (Å²) in [7, 11) is 0. The molecule has 0 bridgehead atoms. The first-order valence-electron chi connectivity index (χ1n) is 6.59. The average molecular weight is 317 g/mol. The van der Waals surface area contributed by atoms with Gasteiger partial charge in [0.25, 0.3) is 0 Å². The monoisotopic (exact) mass is 316 g/mol. The van der Waals surface area contributed by atoms with Gasteiger partial charge in [0.1, 0.15) is 0 Å². The molecule has 5 heteroatoms. The number of thiocarbonyl (C=S) groups is 1. The number of nitrogens with one attached hydrogen (secondary N) is 2. The Morgan fingerprint density at radius 3 is 2.74 bits per heavy atom. The topological polar surface area (TPSA) is 24.1 Å². The van der Waals surface area contributed by atoms with Gasteiger partial charge in [0.15, 0.2) is 5.11 Å². The largest absolute Gasteiger partial charge is 0.359 e. The smallest absolute Gasteiger partial charge is 0.171 e. The summed E-state index contributed by atoms with van der Waals surface area (Å²) in [6.07, 6.45) is 5.02. The third-order valence-electron chi connectivity index (χ3n) is 3.63. The first kappa shape index (κ1) is 14.9. The predicted molar refractivity (Wildman–Crippen MR) is 87.2 cm³/mol. The molecular formula is C14H18Cl2N2S. The quantitative estimate of drug-likeness (QED) is 0.762. The maximum Gasteiger partial charge on any atom is 0.171 e. The van der Waals surface area contributed by atoms with E-state index < -0.39 is 0 Å². The van der Waals surface area contributed by atoms with E-state index in [0.29, 0.717) is 27.1 Å². The highest BCUT2D eigenvalue weighted by Gasteiger charge is 2.21. The Hall–Kier alpha value is -0.510. The fourth-order valence-corrected chi connectivity index (χ4v) is 3.07. The van der Waals surface area contributed by atoms with Gasteiger partial charge >= 0.3 is 0 Å². The summed E-state index contributed by atoms with van der Waals surface area (Å²) in [5.41, 5.74) is 0.745. The Bertz CT molecular complexity index is 465. The lowest BCUT2D eigenvalue weighted by Gasteiger charge is -2.30. The van der Waals surface area contributed by atoms with Crippen LogP contribution in [0.3, 0.4) is 0 Å². The van der Waals surface area contributed by atoms with E-state index in [9.17, 15) is 0 Å². The highest BCUT2D eigenvalue weighted by Crippen LogP contribution is 2.29. The molecule has 0 saturated heterocycles. The Kier molecular flexibility index (Phi) is 5.31. The van der Waals surface area contributed by atoms with Gasteiger partial charge in [-0.2, -0.15) is 0 Å². The van der Waals surface area contributed by atoms with Crippen LogP contribution in [0.4, 0.5) is 5.69 Å². The minimum absolute atomic E-state index is 0.451. The number of hydrogen-bond acceptors (Lipinski definition) is 1. The first-order valence-corrected chi connectivity index (χ1v) is 7.76. The summed E-state index contributed by atoms with van der Waals surface area (Å²) in [5, 5.41) is 8.15. The molecule has 1 aliphatic carbocycles. The molecule has 0 aliphatic heterocycles. The summed E-state index contributed by atoms with van der Waals surface area (Å²) in [6.45, 7) is 2.27. The molecule has 1 aromatic rings. The van der Waals surface area contributed by atoms with E-state index in [0.717, 1.165) is 5.69 Å². The van der Waals surface area contributed by atoms with Gasteiger partial charge in [-0.3, -0.25) is 0 Å². The molecule has 2 nitrogen and oxygen atoms in total. The molecule has 0 aromatic heterocycles. The van der Waals surface area contributed by atoms with Crippen molar-refractivity contribution in [2.24, 2.45) is 5.92 Å². The van der Waals surface area contributed by atoms with E-state index in [1.165, 1.54) is 25.7 Å². The standard InChI is InChI=1S/C14H18Cl2N2S/c1-9-5-2-3-7-11(9)17-14(19)18-12-8-4-6-10(15)13(12)16/h4,6,8-9,11H,2-3,5,7H2,1H3,(H2,17,18,19)/t9-,11+/m0/s1. The number of hydrogen-bond donors (Lipinski definition) is 2. The van der Waals surface area contributed by atoms with Crippen LogP contribution in [-0.2, 0) is 0 Å². The van der Waals surface area contributed by atoms with Crippen LogP contribution < -0.4 is 10.6 Å². The molecule has 0 spiro atoms. The molecule has 19 heavy (non-hydrogen) atoms. The van der Waals surface area contributed by atoms with Crippen molar-refractivity contribution < 1.29 is 0 Å². The second-order valence-corrected chi connectivity index (χ2v) is 6.26. The normalized spacial score (nSPS) is 22.9. The van der Waals surface area contributed by atoms with Crippen molar-refractivity contribution in [3.8, 4) is 0 Å². The molecule has 1 saturated carbocycles. The third kappa shape index (κ3) is 3.98. The van der Waals surface area contributed by atoms with Gasteiger partial charge in [0.2, 0.25) is 0 Å². The van der Waals surface area contributed by atoms with Crippen LogP contribution >= 0.6 is 35.4 Å². The number of rotatable bonds is 2. The molecule has 2 rings (SSSR count). The number of benzene rings is 1. The third-order valence-corrected chi connectivity index (χ3v) is 4.67. The fraction of sp³-hybridized carbons (Fsp3) is 0.500. The maximum atomic E-state index is 6.13. The Labute approximate surface area is 129 Å². The van der Waals surface area contributed by atoms with Gasteiger partial charge in [0.05, 0.1) is 15.7 Å². The van der Waals surface area contributed by atoms with Crippen LogP contribution in [-0.4, -0.2) is 11.2 Å². The van der Waals surface area contributed by atoms with Crippen molar-refractivity contribution in [3.05, 3.63) is 28.2 Å². The summed E-state index contributed by atoms with van der Waals surface area (Å²) in [5.74, 6) is 0.656. The fourth-order valence-electron chi connectivity index (χ4n) is 2.46. The van der Waals surface area contributed by atoms with Crippen LogP contribution in [0.25, 0.3) is 0 Å². The van der Waals surface area contributed by atoms with Crippen molar-refractivity contribution in [3.63, 3.8) is 0 Å². The zero-order valence-corrected chi connectivity index (χ0v) is 13.2. The number of halogens is 2. The van der Waals surface area contributed by atoms with Crippen LogP contribution in [0, 0.1) is 5.92 Å². The van der Waals surface area contributed by atoms with Crippen molar-refractivity contribution in [2.75, 3.05) is 5.32 Å². The second-order valence-electron chi connectivity index (χ2n) is 5.07. The van der Waals surface area contributed by atoms with Gasteiger partial charge in [-0.05, 0) is 43.1 Å². The van der Waals surface area contributed by atoms with E-state index in [1.807, 2.05) is 12.1 Å². The van der Waals surface area contributed by atoms with E-state index in [-0.39, 0.29) is 0 Å². The lowest BCUT2D eigenvalue weighted by atomic mass is 9.86. The van der Waals surface area contributed by atoms with E-state index in [2.05, 4.69) is 17.6 Å². The summed E-state index contributed by atoms with van der Waals surface area (Å²) in [6, 6.07) is 5.93. The highest BCUT2D eigenvalue weighted by molar-refractivity contribution is 7.80. The molecular weight excluding hydrogens is 299 g/mol. The minimum Gasteiger partial charge on any atom is -0.359 e. The second kappa shape index (κ2) is 6.78. The Morgan fingerprint density at radius 2 is 2.00 bits per heavy atom. The molecule has 0 heterocycles. The Morgan fingerprint density at radius 1 is 1.26 bits per heavy atom. The number of anilines is 1. The molecule has 1 fully saturated rings. The van der Waals surface area contributed by atoms with Crippen molar-refractivity contribution in [2.45, 2.75) is 38.6 Å². The minimum atomic E-state index is 0.451. The summed E-state index contributed by atoms with van der Waals surface area (Å²) in [4.78, 5) is 0. The van der Waals surface area contributed by atoms with Crippen LogP contribution in [0.2, 0.25) is 10.0 Å². The summed E-state index contributed by atoms with van der Waals surface area (Å²) >= 11 is 17.5. The van der Waals surface area contributed by atoms with Crippen LogP contribution in [0.1, 0.15) is 32.6 Å². The highest BCUT2D eigenvalue weighted by atomic mass is 35.5. The molecule has 2 atom stereocenters. The molecule has 0 unspecified atom stereocenters. The molecule has 0 amide bonds. The van der Waals surface area contributed by atoms with E-state index >= 15 is 0 Å². The van der Waals surface area contributed by atoms with Gasteiger partial charge in [0, 0.05) is 6.04 Å². The zero-order chi connectivity index (χ0) is 13.8. The van der Waals surface area contributed by atoms with Crippen LogP contribution in [0.5, 0.6) is 0 Å². The molecule has 1 aliphatic rings. The lowest BCUT2D eigenvalue weighted by Crippen LogP contribution is -2.43. The summed E-state index contributed by atoms with van der Waals surface area (Å²) < 4.78 is 0. The maximum absolute atomic E-state index is 6.13. The SMILES string of the molecule is C[C@H]1CCCC[C@H]1NC(=S)Nc1cccc(Cl)c1Cl. The van der Waals surface area contributed by atoms with Crippen LogP contribution in [0.15, 0.2) is 18.2 Å². The first-order chi connectivity index (χ1) is 9.08. The Balaban J connectivity index is 1.95. The predicted octanol–water partition coefficient (Wildman–Crippen LogP) is 4.86. The van der Waals surface area contributed by atoms with Gasteiger partial charge in [-0.15, -0.1) is 0 Å². The molecule has 0 radical (unpaired) electrons. The van der Waals surface area contributed by atoms with E-state index in [1.54, 1.807) is 6.07 Å². The molecule has 2 N–H and O–H groups in total. The van der Waals surface area contributed by atoms with Crippen molar-refractivity contribution >= 4 is 46.2 Å². The molecule has 1 aromatic carbocycles. The van der Waals surface area contributed by atoms with Crippen molar-refractivity contribution in [1.29, 1.82) is 0 Å². The molecule has 104 valence electrons.